The molecule has 2 unspecified atom stereocenters. The average molecular weight is 392 g/mol. The van der Waals surface area contributed by atoms with Crippen LogP contribution in [0.3, 0.4) is 0 Å². The van der Waals surface area contributed by atoms with E-state index in [2.05, 4.69) is 15.8 Å². The lowest BCUT2D eigenvalue weighted by atomic mass is 9.76. The number of piperidine rings is 1. The fourth-order valence-corrected chi connectivity index (χ4v) is 3.43. The number of halogens is 2. The number of amides is 2. The monoisotopic (exact) mass is 392 g/mol. The summed E-state index contributed by atoms with van der Waals surface area (Å²) in [4.78, 5) is 26.8. The summed E-state index contributed by atoms with van der Waals surface area (Å²) in [7, 11) is 3.34. The summed E-state index contributed by atoms with van der Waals surface area (Å²) in [5.41, 5.74) is -0.855. The minimum Gasteiger partial charge on any atom is -0.355 e. The van der Waals surface area contributed by atoms with E-state index >= 15 is 0 Å². The normalized spacial score (nSPS) is 22.0. The van der Waals surface area contributed by atoms with E-state index in [9.17, 15) is 18.4 Å². The first kappa shape index (κ1) is 19.9. The average Bonchev–Trinajstić information content (AvgIpc) is 3.13. The van der Waals surface area contributed by atoms with E-state index in [1.54, 1.807) is 21.0 Å². The number of carbonyl (C=O) groups excluding carboxylic acids is 2. The van der Waals surface area contributed by atoms with Crippen LogP contribution >= 0.6 is 0 Å². The number of benzene rings is 1. The molecule has 2 atom stereocenters. The molecule has 2 aromatic rings. The second-order valence-corrected chi connectivity index (χ2v) is 7.31. The van der Waals surface area contributed by atoms with Crippen molar-refractivity contribution in [2.75, 3.05) is 27.2 Å². The molecule has 1 aromatic carbocycles. The van der Waals surface area contributed by atoms with Crippen LogP contribution in [0.25, 0.3) is 11.3 Å². The molecule has 2 N–H and O–H groups in total. The zero-order chi connectivity index (χ0) is 20.5. The highest BCUT2D eigenvalue weighted by Gasteiger charge is 2.45. The highest BCUT2D eigenvalue weighted by Crippen LogP contribution is 2.29. The molecule has 1 saturated heterocycles. The first-order valence-corrected chi connectivity index (χ1v) is 8.88. The predicted octanol–water partition coefficient (Wildman–Crippen LogP) is 1.81. The maximum atomic E-state index is 13.9. The van der Waals surface area contributed by atoms with Gasteiger partial charge in [-0.1, -0.05) is 5.16 Å². The van der Waals surface area contributed by atoms with Crippen molar-refractivity contribution in [2.24, 2.45) is 5.41 Å². The Morgan fingerprint density at radius 1 is 1.32 bits per heavy atom. The van der Waals surface area contributed by atoms with Crippen LogP contribution in [-0.4, -0.2) is 55.1 Å². The van der Waals surface area contributed by atoms with Crippen LogP contribution < -0.4 is 10.6 Å². The number of hydrogen-bond donors (Lipinski definition) is 2. The summed E-state index contributed by atoms with van der Waals surface area (Å²) in [6.45, 7) is 2.89. The molecule has 0 radical (unpaired) electrons. The van der Waals surface area contributed by atoms with Gasteiger partial charge in [0.2, 0.25) is 5.91 Å². The predicted molar refractivity (Wildman–Crippen MR) is 97.4 cm³/mol. The van der Waals surface area contributed by atoms with Gasteiger partial charge in [-0.15, -0.1) is 0 Å². The molecular formula is C19H22F2N4O3. The van der Waals surface area contributed by atoms with Gasteiger partial charge in [0, 0.05) is 38.8 Å². The molecule has 2 heterocycles. The van der Waals surface area contributed by atoms with Crippen LogP contribution in [0.2, 0.25) is 0 Å². The lowest BCUT2D eigenvalue weighted by Crippen LogP contribution is -2.61. The van der Waals surface area contributed by atoms with Crippen LogP contribution in [0.4, 0.5) is 8.78 Å². The fraction of sp³-hybridized carbons (Fsp3) is 0.421. The summed E-state index contributed by atoms with van der Waals surface area (Å²) in [5.74, 6) is -2.14. The summed E-state index contributed by atoms with van der Waals surface area (Å²) in [6, 6.07) is 3.92. The molecule has 0 bridgehead atoms. The third-order valence-electron chi connectivity index (χ3n) is 5.01. The van der Waals surface area contributed by atoms with E-state index in [1.807, 2.05) is 0 Å². The molecule has 3 rings (SSSR count). The number of nitrogens with zero attached hydrogens (tertiary/aromatic N) is 2. The van der Waals surface area contributed by atoms with Crippen molar-refractivity contribution >= 4 is 11.8 Å². The number of hydrogen-bond acceptors (Lipinski definition) is 5. The Hall–Kier alpha value is -2.81. The second kappa shape index (κ2) is 7.67. The van der Waals surface area contributed by atoms with Gasteiger partial charge in [-0.25, -0.2) is 8.78 Å². The highest BCUT2D eigenvalue weighted by atomic mass is 19.1. The molecule has 0 aliphatic carbocycles. The number of nitrogens with one attached hydrogen (secondary N) is 2. The Kier molecular flexibility index (Phi) is 5.46. The van der Waals surface area contributed by atoms with Crippen molar-refractivity contribution in [1.82, 2.24) is 20.7 Å². The van der Waals surface area contributed by atoms with Gasteiger partial charge in [0.15, 0.2) is 11.5 Å². The van der Waals surface area contributed by atoms with Crippen LogP contribution in [-0.2, 0) is 4.79 Å². The Morgan fingerprint density at radius 2 is 2.07 bits per heavy atom. The summed E-state index contributed by atoms with van der Waals surface area (Å²) in [5, 5.41) is 9.72. The molecule has 9 heteroatoms. The minimum atomic E-state index is -0.814. The number of aromatic nitrogens is 1. The van der Waals surface area contributed by atoms with Gasteiger partial charge in [-0.2, -0.15) is 0 Å². The van der Waals surface area contributed by atoms with E-state index in [-0.39, 0.29) is 22.9 Å². The molecule has 1 aliphatic rings. The smallest absolute Gasteiger partial charge is 0.273 e. The van der Waals surface area contributed by atoms with E-state index < -0.39 is 29.0 Å². The van der Waals surface area contributed by atoms with Gasteiger partial charge in [0.25, 0.3) is 5.91 Å². The van der Waals surface area contributed by atoms with Gasteiger partial charge >= 0.3 is 0 Å². The lowest BCUT2D eigenvalue weighted by molar-refractivity contribution is -0.140. The molecule has 2 amide bonds. The van der Waals surface area contributed by atoms with Crippen molar-refractivity contribution < 1.29 is 22.9 Å². The lowest BCUT2D eigenvalue weighted by Gasteiger charge is -2.42. The van der Waals surface area contributed by atoms with Crippen LogP contribution in [0.15, 0.2) is 28.8 Å². The summed E-state index contributed by atoms with van der Waals surface area (Å²) < 4.78 is 32.0. The first-order chi connectivity index (χ1) is 13.2. The zero-order valence-electron chi connectivity index (χ0n) is 15.9. The summed E-state index contributed by atoms with van der Waals surface area (Å²) in [6.07, 6.45) is 0.569. The Labute approximate surface area is 161 Å². The SMILES string of the molecule is CN(C)C(=O)C1(C)CNCCC1NC(=O)c1cc(-c2ccc(F)cc2F)on1. The van der Waals surface area contributed by atoms with E-state index in [0.29, 0.717) is 19.5 Å². The molecule has 1 fully saturated rings. The fourth-order valence-electron chi connectivity index (χ4n) is 3.43. The van der Waals surface area contributed by atoms with E-state index in [0.717, 1.165) is 12.1 Å². The minimum absolute atomic E-state index is 0.00226. The number of rotatable bonds is 4. The van der Waals surface area contributed by atoms with E-state index in [4.69, 9.17) is 4.52 Å². The molecule has 0 spiro atoms. The Morgan fingerprint density at radius 3 is 2.75 bits per heavy atom. The Balaban J connectivity index is 1.79. The maximum Gasteiger partial charge on any atom is 0.273 e. The van der Waals surface area contributed by atoms with Gasteiger partial charge < -0.3 is 20.1 Å². The van der Waals surface area contributed by atoms with E-state index in [1.165, 1.54) is 17.0 Å². The molecule has 150 valence electrons. The van der Waals surface area contributed by atoms with Crippen molar-refractivity contribution in [1.29, 1.82) is 0 Å². The topological polar surface area (TPSA) is 87.5 Å². The molecule has 1 aromatic heterocycles. The van der Waals surface area contributed by atoms with Crippen molar-refractivity contribution in [3.63, 3.8) is 0 Å². The van der Waals surface area contributed by atoms with Crippen molar-refractivity contribution in [3.05, 3.63) is 41.6 Å². The van der Waals surface area contributed by atoms with Gasteiger partial charge in [0.05, 0.1) is 11.0 Å². The third-order valence-corrected chi connectivity index (χ3v) is 5.01. The Bertz CT molecular complexity index is 899. The molecule has 1 aliphatic heterocycles. The quantitative estimate of drug-likeness (QED) is 0.829. The largest absolute Gasteiger partial charge is 0.355 e. The zero-order valence-corrected chi connectivity index (χ0v) is 15.9. The van der Waals surface area contributed by atoms with Gasteiger partial charge in [0.1, 0.15) is 11.6 Å². The molecule has 28 heavy (non-hydrogen) atoms. The molecule has 7 nitrogen and oxygen atoms in total. The third kappa shape index (κ3) is 3.75. The second-order valence-electron chi connectivity index (χ2n) is 7.31. The van der Waals surface area contributed by atoms with Crippen LogP contribution in [0, 0.1) is 17.0 Å². The maximum absolute atomic E-state index is 13.9. The standard InChI is InChI=1S/C19H22F2N4O3/c1-19(18(27)25(2)3)10-22-7-6-16(19)23-17(26)14-9-15(28-24-14)12-5-4-11(20)8-13(12)21/h4-5,8-9,16,22H,6-7,10H2,1-3H3,(H,23,26). The summed E-state index contributed by atoms with van der Waals surface area (Å²) >= 11 is 0. The number of carbonyl (C=O) groups is 2. The highest BCUT2D eigenvalue weighted by molar-refractivity contribution is 5.94. The first-order valence-electron chi connectivity index (χ1n) is 8.88. The van der Waals surface area contributed by atoms with Crippen LogP contribution in [0.5, 0.6) is 0 Å². The molecular weight excluding hydrogens is 370 g/mol. The molecule has 0 saturated carbocycles. The van der Waals surface area contributed by atoms with Crippen molar-refractivity contribution in [3.8, 4) is 11.3 Å². The van der Waals surface area contributed by atoms with Gasteiger partial charge in [-0.05, 0) is 32.0 Å². The van der Waals surface area contributed by atoms with Gasteiger partial charge in [-0.3, -0.25) is 9.59 Å². The van der Waals surface area contributed by atoms with Crippen molar-refractivity contribution in [2.45, 2.75) is 19.4 Å². The van der Waals surface area contributed by atoms with Crippen LogP contribution in [0.1, 0.15) is 23.8 Å².